The van der Waals surface area contributed by atoms with Crippen LogP contribution in [-0.4, -0.2) is 41.2 Å². The average Bonchev–Trinajstić information content (AvgIpc) is 3.34. The summed E-state index contributed by atoms with van der Waals surface area (Å²) in [7, 11) is 0. The molecule has 1 aliphatic carbocycles. The number of carboxylic acid groups (broad SMARTS) is 1. The highest BCUT2D eigenvalue weighted by Crippen LogP contribution is 2.36. The third-order valence-corrected chi connectivity index (χ3v) is 4.13. The molecule has 1 aliphatic rings. The molecule has 0 amide bonds. The molecule has 1 saturated carbocycles. The second-order valence-corrected chi connectivity index (χ2v) is 6.03. The Morgan fingerprint density at radius 2 is 2.00 bits per heavy atom. The zero-order valence-electron chi connectivity index (χ0n) is 13.6. The average molecular weight is 345 g/mol. The van der Waals surface area contributed by atoms with Crippen LogP contribution >= 0.6 is 0 Å². The zero-order valence-corrected chi connectivity index (χ0v) is 13.6. The monoisotopic (exact) mass is 345 g/mol. The van der Waals surface area contributed by atoms with Gasteiger partial charge in [0.1, 0.15) is 11.8 Å². The van der Waals surface area contributed by atoms with Crippen LogP contribution in [0.3, 0.4) is 0 Å². The molecular formula is C17H22F3NO3. The van der Waals surface area contributed by atoms with Gasteiger partial charge in [-0.25, -0.2) is 0 Å². The molecule has 0 heterocycles. The van der Waals surface area contributed by atoms with E-state index in [0.29, 0.717) is 25.4 Å². The Labute approximate surface area is 139 Å². The number of nitrogens with zero attached hydrogens (tertiary/aromatic N) is 1. The van der Waals surface area contributed by atoms with Crippen molar-refractivity contribution in [3.63, 3.8) is 0 Å². The van der Waals surface area contributed by atoms with Gasteiger partial charge in [-0.1, -0.05) is 12.1 Å². The van der Waals surface area contributed by atoms with Crippen molar-refractivity contribution in [3.05, 3.63) is 29.8 Å². The normalized spacial score (nSPS) is 16.2. The maximum atomic E-state index is 12.8. The Hall–Kier alpha value is -1.76. The minimum absolute atomic E-state index is 0.164. The van der Waals surface area contributed by atoms with E-state index in [1.54, 1.807) is 6.92 Å². The van der Waals surface area contributed by atoms with Gasteiger partial charge in [-0.3, -0.25) is 9.69 Å². The third kappa shape index (κ3) is 5.12. The van der Waals surface area contributed by atoms with Gasteiger partial charge >= 0.3 is 12.1 Å². The van der Waals surface area contributed by atoms with E-state index >= 15 is 0 Å². The number of rotatable bonds is 9. The number of carboxylic acids is 1. The molecule has 0 bridgehead atoms. The number of ether oxygens (including phenoxy) is 1. The first-order valence-corrected chi connectivity index (χ1v) is 8.08. The van der Waals surface area contributed by atoms with Crippen LogP contribution in [0.5, 0.6) is 5.75 Å². The maximum absolute atomic E-state index is 12.8. The number of benzene rings is 1. The number of alkyl halides is 3. The van der Waals surface area contributed by atoms with Crippen molar-refractivity contribution in [1.29, 1.82) is 0 Å². The molecule has 0 spiro atoms. The summed E-state index contributed by atoms with van der Waals surface area (Å²) < 4.78 is 43.8. The lowest BCUT2D eigenvalue weighted by molar-refractivity contribution is -0.143. The van der Waals surface area contributed by atoms with E-state index in [1.807, 2.05) is 4.90 Å². The maximum Gasteiger partial charge on any atom is 0.419 e. The summed E-state index contributed by atoms with van der Waals surface area (Å²) in [4.78, 5) is 13.1. The molecule has 1 fully saturated rings. The molecule has 134 valence electrons. The Bertz CT molecular complexity index is 558. The Kier molecular flexibility index (Phi) is 6.10. The quantitative estimate of drug-likeness (QED) is 0.692. The van der Waals surface area contributed by atoms with Crippen molar-refractivity contribution >= 4 is 5.97 Å². The first kappa shape index (κ1) is 18.6. The van der Waals surface area contributed by atoms with Gasteiger partial charge in [-0.05, 0) is 51.3 Å². The van der Waals surface area contributed by atoms with E-state index < -0.39 is 23.8 Å². The van der Waals surface area contributed by atoms with Crippen LogP contribution in [0.1, 0.15) is 38.2 Å². The molecule has 0 radical (unpaired) electrons. The van der Waals surface area contributed by atoms with Gasteiger partial charge < -0.3 is 9.84 Å². The van der Waals surface area contributed by atoms with Gasteiger partial charge in [0.15, 0.2) is 0 Å². The van der Waals surface area contributed by atoms with Gasteiger partial charge in [0.25, 0.3) is 0 Å². The minimum atomic E-state index is -4.43. The highest BCUT2D eigenvalue weighted by molar-refractivity contribution is 5.73. The molecular weight excluding hydrogens is 323 g/mol. The Balaban J connectivity index is 1.78. The molecule has 1 N–H and O–H groups in total. The fraction of sp³-hybridized carbons (Fsp3) is 0.588. The molecule has 24 heavy (non-hydrogen) atoms. The lowest BCUT2D eigenvalue weighted by atomic mass is 10.2. The molecule has 4 nitrogen and oxygen atoms in total. The number of para-hydroxylation sites is 1. The number of carbonyl (C=O) groups is 1. The van der Waals surface area contributed by atoms with E-state index in [2.05, 4.69) is 0 Å². The number of hydrogen-bond acceptors (Lipinski definition) is 3. The fourth-order valence-electron chi connectivity index (χ4n) is 2.65. The number of unbranched alkanes of at least 4 members (excludes halogenated alkanes) is 1. The summed E-state index contributed by atoms with van der Waals surface area (Å²) in [6.45, 7) is 2.45. The number of halogens is 3. The Morgan fingerprint density at radius 3 is 2.58 bits per heavy atom. The minimum Gasteiger partial charge on any atom is -0.493 e. The van der Waals surface area contributed by atoms with Gasteiger partial charge in [0.2, 0.25) is 0 Å². The summed E-state index contributed by atoms with van der Waals surface area (Å²) in [5.74, 6) is -1.01. The highest BCUT2D eigenvalue weighted by Gasteiger charge is 2.35. The molecule has 1 aromatic carbocycles. The summed E-state index contributed by atoms with van der Waals surface area (Å²) in [6, 6.07) is 4.93. The number of aliphatic carboxylic acids is 1. The van der Waals surface area contributed by atoms with Crippen LogP contribution < -0.4 is 4.74 Å². The Morgan fingerprint density at radius 1 is 1.33 bits per heavy atom. The van der Waals surface area contributed by atoms with Crippen LogP contribution in [-0.2, 0) is 11.0 Å². The first-order valence-electron chi connectivity index (χ1n) is 8.08. The smallest absolute Gasteiger partial charge is 0.419 e. The van der Waals surface area contributed by atoms with Crippen molar-refractivity contribution in [3.8, 4) is 5.75 Å². The van der Waals surface area contributed by atoms with E-state index in [9.17, 15) is 18.0 Å². The van der Waals surface area contributed by atoms with E-state index in [0.717, 1.165) is 18.9 Å². The molecule has 7 heteroatoms. The second kappa shape index (κ2) is 7.88. The van der Waals surface area contributed by atoms with Crippen molar-refractivity contribution in [2.45, 2.75) is 50.9 Å². The van der Waals surface area contributed by atoms with E-state index in [1.165, 1.54) is 18.2 Å². The van der Waals surface area contributed by atoms with Crippen LogP contribution in [0.4, 0.5) is 13.2 Å². The van der Waals surface area contributed by atoms with Crippen molar-refractivity contribution < 1.29 is 27.8 Å². The SMILES string of the molecule is CC(C(=O)O)N(CCCCOc1ccccc1C(F)(F)F)C1CC1. The molecule has 0 aromatic heterocycles. The third-order valence-electron chi connectivity index (χ3n) is 4.13. The summed E-state index contributed by atoms with van der Waals surface area (Å²) in [5.41, 5.74) is -0.774. The van der Waals surface area contributed by atoms with Gasteiger partial charge in [-0.15, -0.1) is 0 Å². The molecule has 1 unspecified atom stereocenters. The predicted molar refractivity (Wildman–Crippen MR) is 83.0 cm³/mol. The van der Waals surface area contributed by atoms with Crippen LogP contribution in [0.15, 0.2) is 24.3 Å². The topological polar surface area (TPSA) is 49.8 Å². The largest absolute Gasteiger partial charge is 0.493 e. The van der Waals surface area contributed by atoms with Crippen LogP contribution in [0.2, 0.25) is 0 Å². The summed E-state index contributed by atoms with van der Waals surface area (Å²) in [5, 5.41) is 9.11. The molecule has 1 aromatic rings. The zero-order chi connectivity index (χ0) is 17.7. The summed E-state index contributed by atoms with van der Waals surface area (Å²) >= 11 is 0. The van der Waals surface area contributed by atoms with Crippen molar-refractivity contribution in [2.75, 3.05) is 13.2 Å². The lowest BCUT2D eigenvalue weighted by Gasteiger charge is -2.26. The molecule has 1 atom stereocenters. The molecule has 0 aliphatic heterocycles. The second-order valence-electron chi connectivity index (χ2n) is 6.03. The first-order chi connectivity index (χ1) is 11.3. The molecule has 2 rings (SSSR count). The van der Waals surface area contributed by atoms with Crippen LogP contribution in [0.25, 0.3) is 0 Å². The van der Waals surface area contributed by atoms with Gasteiger partial charge in [0.05, 0.1) is 12.2 Å². The van der Waals surface area contributed by atoms with E-state index in [-0.39, 0.29) is 12.4 Å². The van der Waals surface area contributed by atoms with Crippen molar-refractivity contribution in [1.82, 2.24) is 4.90 Å². The van der Waals surface area contributed by atoms with Gasteiger partial charge in [-0.2, -0.15) is 13.2 Å². The summed E-state index contributed by atoms with van der Waals surface area (Å²) in [6.07, 6.45) is -1.17. The predicted octanol–water partition coefficient (Wildman–Crippen LogP) is 3.80. The number of hydrogen-bond donors (Lipinski definition) is 1. The fourth-order valence-corrected chi connectivity index (χ4v) is 2.65. The van der Waals surface area contributed by atoms with Crippen LogP contribution in [0, 0.1) is 0 Å². The molecule has 0 saturated heterocycles. The van der Waals surface area contributed by atoms with E-state index in [4.69, 9.17) is 9.84 Å². The van der Waals surface area contributed by atoms with Gasteiger partial charge in [0, 0.05) is 6.04 Å². The van der Waals surface area contributed by atoms with Crippen molar-refractivity contribution in [2.24, 2.45) is 0 Å². The lowest BCUT2D eigenvalue weighted by Crippen LogP contribution is -2.41. The highest BCUT2D eigenvalue weighted by atomic mass is 19.4. The standard InChI is InChI=1S/C17H22F3NO3/c1-12(16(22)23)21(13-8-9-13)10-4-5-11-24-15-7-3-2-6-14(15)17(18,19)20/h2-3,6-7,12-13H,4-5,8-11H2,1H3,(H,22,23).